The van der Waals surface area contributed by atoms with Gasteiger partial charge < -0.3 is 27.9 Å². The smallest absolute Gasteiger partial charge is 0.306 e. The molecule has 0 bridgehead atoms. The van der Waals surface area contributed by atoms with Crippen LogP contribution in [0.1, 0.15) is 172 Å². The molecule has 6 atom stereocenters. The Morgan fingerprint density at radius 2 is 1.23 bits per heavy atom. The first kappa shape index (κ1) is 50.0. The van der Waals surface area contributed by atoms with Gasteiger partial charge >= 0.3 is 11.9 Å². The van der Waals surface area contributed by atoms with Crippen molar-refractivity contribution in [2.24, 2.45) is 10.8 Å². The normalized spacial score (nSPS) is 27.1. The number of esters is 2. The predicted octanol–water partition coefficient (Wildman–Crippen LogP) is 11.4. The van der Waals surface area contributed by atoms with E-state index in [2.05, 4.69) is 46.9 Å². The van der Waals surface area contributed by atoms with Crippen molar-refractivity contribution in [1.82, 2.24) is 0 Å². The summed E-state index contributed by atoms with van der Waals surface area (Å²) in [4.78, 5) is 37.0. The van der Waals surface area contributed by atoms with Crippen LogP contribution in [-0.2, 0) is 37.5 Å². The van der Waals surface area contributed by atoms with E-state index in [1.54, 1.807) is 0 Å². The second kappa shape index (κ2) is 26.1. The molecule has 0 aromatic rings. The Hall–Kier alpha value is -2.14. The lowest BCUT2D eigenvalue weighted by Gasteiger charge is -2.53. The van der Waals surface area contributed by atoms with Crippen LogP contribution in [0, 0.1) is 10.8 Å². The fraction of sp³-hybridized carbons (Fsp3) is 0.761. The summed E-state index contributed by atoms with van der Waals surface area (Å²) < 4.78 is 37.7. The molecule has 0 aromatic heterocycles. The van der Waals surface area contributed by atoms with Gasteiger partial charge in [0, 0.05) is 18.3 Å². The Kier molecular flexibility index (Phi) is 23.3. The first-order chi connectivity index (χ1) is 27.0. The van der Waals surface area contributed by atoms with E-state index in [1.807, 2.05) is 59.8 Å². The summed E-state index contributed by atoms with van der Waals surface area (Å²) in [6.07, 6.45) is 22.1. The lowest BCUT2D eigenvalue weighted by atomic mass is 9.68. The molecule has 0 aromatic carbocycles. The number of carbonyl (C=O) groups excluding carboxylic acids is 3. The molecule has 56 heavy (non-hydrogen) atoms. The van der Waals surface area contributed by atoms with E-state index in [-0.39, 0.29) is 24.1 Å². The minimum atomic E-state index is -0.916. The topological polar surface area (TPSA) is 97.4 Å². The molecule has 0 N–H and O–H groups in total. The van der Waals surface area contributed by atoms with Crippen molar-refractivity contribution in [3.8, 4) is 0 Å². The molecule has 0 saturated carbocycles. The predicted molar refractivity (Wildman–Crippen MR) is 234 cm³/mol. The van der Waals surface area contributed by atoms with Crippen LogP contribution in [0.5, 0.6) is 0 Å². The molecular formula is C46H78BO8S. The first-order valence-corrected chi connectivity index (χ1v) is 22.0. The van der Waals surface area contributed by atoms with Crippen LogP contribution in [0.15, 0.2) is 48.6 Å². The van der Waals surface area contributed by atoms with Crippen molar-refractivity contribution in [3.63, 3.8) is 0 Å². The Balaban J connectivity index is 0.000000573. The fourth-order valence-electron chi connectivity index (χ4n) is 7.47. The molecule has 10 heteroatoms. The van der Waals surface area contributed by atoms with E-state index in [9.17, 15) is 14.4 Å². The van der Waals surface area contributed by atoms with Crippen LogP contribution >= 0.6 is 11.9 Å². The number of rotatable bonds is 25. The van der Waals surface area contributed by atoms with E-state index in [1.165, 1.54) is 25.7 Å². The molecule has 1 radical (unpaired) electrons. The molecule has 0 unspecified atom stereocenters. The molecule has 2 aliphatic rings. The number of hydrogen-bond acceptors (Lipinski definition) is 9. The van der Waals surface area contributed by atoms with E-state index in [0.717, 1.165) is 87.8 Å². The van der Waals surface area contributed by atoms with Gasteiger partial charge in [0.1, 0.15) is 17.5 Å². The van der Waals surface area contributed by atoms with Gasteiger partial charge in [-0.3, -0.25) is 9.59 Å². The number of carbonyl (C=O) groups is 3. The zero-order valence-electron chi connectivity index (χ0n) is 37.9. The summed E-state index contributed by atoms with van der Waals surface area (Å²) in [5.74, 6) is -0.382. The number of unbranched alkanes of at least 4 members (excludes halogenated alkanes) is 8. The minimum Gasteiger partial charge on any atom is -0.455 e. The molecular weight excluding hydrogens is 723 g/mol. The molecule has 2 rings (SSSR count). The highest BCUT2D eigenvalue weighted by Crippen LogP contribution is 2.48. The molecule has 2 fully saturated rings. The molecule has 2 aliphatic heterocycles. The third-order valence-electron chi connectivity index (χ3n) is 11.9. The van der Waals surface area contributed by atoms with Crippen molar-refractivity contribution in [2.45, 2.75) is 208 Å². The van der Waals surface area contributed by atoms with Gasteiger partial charge in [0.2, 0.25) is 7.09 Å². The molecule has 0 amide bonds. The highest BCUT2D eigenvalue weighted by Gasteiger charge is 2.56. The van der Waals surface area contributed by atoms with Crippen molar-refractivity contribution in [3.05, 3.63) is 48.6 Å². The lowest BCUT2D eigenvalue weighted by Crippen LogP contribution is -2.61. The van der Waals surface area contributed by atoms with E-state index in [0.29, 0.717) is 32.3 Å². The number of hydrogen-bond donors (Lipinski definition) is 0. The maximum Gasteiger partial charge on any atom is 0.306 e. The maximum atomic E-state index is 12.7. The minimum absolute atomic E-state index is 0.0163. The lowest BCUT2D eigenvalue weighted by molar-refractivity contribution is -0.226. The average Bonchev–Trinajstić information content (AvgIpc) is 3.17. The summed E-state index contributed by atoms with van der Waals surface area (Å²) in [6.45, 7) is 28.0. The zero-order valence-corrected chi connectivity index (χ0v) is 37.7. The molecule has 0 aliphatic carbocycles. The van der Waals surface area contributed by atoms with Gasteiger partial charge in [0.25, 0.3) is 0 Å². The molecule has 2 heterocycles. The Morgan fingerprint density at radius 1 is 0.804 bits per heavy atom. The summed E-state index contributed by atoms with van der Waals surface area (Å²) in [6, 6.07) is 0. The summed E-state index contributed by atoms with van der Waals surface area (Å²) >= 11 is 0.995. The Labute approximate surface area is 348 Å². The number of ether oxygens (including phenoxy) is 4. The fourth-order valence-corrected chi connectivity index (χ4v) is 7.83. The van der Waals surface area contributed by atoms with Gasteiger partial charge in [-0.1, -0.05) is 129 Å². The maximum absolute atomic E-state index is 12.7. The SMILES string of the molecule is C=CC[C@@H]1C/C(=C\C)[C@H](OC(=O)CCCCCCC)[C@](C)(C(C)(C)C=O)O1.[3H][B]SOCC(C)(C)[C@]1(C)O[C@H](CC=C)C/C(=C\C)[C@@H]1OC(=O)CCCCCCC. The van der Waals surface area contributed by atoms with Crippen LogP contribution in [0.2, 0.25) is 0 Å². The van der Waals surface area contributed by atoms with Crippen molar-refractivity contribution in [2.75, 3.05) is 6.61 Å². The Morgan fingerprint density at radius 3 is 1.62 bits per heavy atom. The van der Waals surface area contributed by atoms with Gasteiger partial charge in [-0.05, 0) is 78.7 Å². The Bertz CT molecular complexity index is 1300. The van der Waals surface area contributed by atoms with Crippen molar-refractivity contribution < 1.29 is 37.5 Å². The highest BCUT2D eigenvalue weighted by molar-refractivity contribution is 8.15. The highest BCUT2D eigenvalue weighted by atomic mass is 32.2. The monoisotopic (exact) mass is 804 g/mol. The van der Waals surface area contributed by atoms with Gasteiger partial charge in [-0.2, -0.15) is 0 Å². The van der Waals surface area contributed by atoms with Crippen LogP contribution in [0.4, 0.5) is 0 Å². The molecule has 8 nitrogen and oxygen atoms in total. The van der Waals surface area contributed by atoms with Gasteiger partial charge in [0.15, 0.2) is 12.2 Å². The summed E-state index contributed by atoms with van der Waals surface area (Å²) in [5.41, 5.74) is -0.828. The van der Waals surface area contributed by atoms with E-state index < -0.39 is 34.2 Å². The van der Waals surface area contributed by atoms with Crippen molar-refractivity contribution in [1.29, 1.82) is 1.34 Å². The van der Waals surface area contributed by atoms with Gasteiger partial charge in [-0.25, -0.2) is 0 Å². The summed E-state index contributed by atoms with van der Waals surface area (Å²) in [7, 11) is 1.16. The molecule has 2 saturated heterocycles. The number of allylic oxidation sites excluding steroid dienone is 2. The third-order valence-corrected chi connectivity index (χ3v) is 12.2. The van der Waals surface area contributed by atoms with Gasteiger partial charge in [-0.15, -0.1) is 13.2 Å². The molecule has 319 valence electrons. The summed E-state index contributed by atoms with van der Waals surface area (Å²) in [5, 5.41) is 0. The van der Waals surface area contributed by atoms with Crippen LogP contribution in [0.25, 0.3) is 0 Å². The quantitative estimate of drug-likeness (QED) is 0.0223. The second-order valence-electron chi connectivity index (χ2n) is 17.0. The van der Waals surface area contributed by atoms with Crippen LogP contribution < -0.4 is 0 Å². The van der Waals surface area contributed by atoms with Crippen LogP contribution in [-0.4, -0.2) is 68.9 Å². The standard InChI is InChI=1S/C23H40BO4S.C23H38O4/c1-7-10-11-12-13-15-20(25)27-21-18(9-3)16-19(14-8-2)28-23(21,6)22(4,5)17-26-29-24;1-7-10-11-12-13-15-20(25)26-21-18(9-3)16-19(14-8-2)27-23(21,6)22(4,5)17-24/h8-9,19,21,24H,2,7,10-17H2,1,3-6H3;8-9,17,19,21H,2,7,10-16H2,1,3-6H3/b2*18-9+/t2*19-,21+,23-/m11/s1/i24T;. The van der Waals surface area contributed by atoms with Crippen molar-refractivity contribution >= 4 is 37.2 Å². The number of aldehydes is 1. The van der Waals surface area contributed by atoms with E-state index >= 15 is 0 Å². The zero-order chi connectivity index (χ0) is 43.1. The second-order valence-corrected chi connectivity index (χ2v) is 17.5. The third kappa shape index (κ3) is 15.2. The van der Waals surface area contributed by atoms with Gasteiger partial charge in [0.05, 0.1) is 24.2 Å². The largest absolute Gasteiger partial charge is 0.455 e. The van der Waals surface area contributed by atoms with Crippen LogP contribution in [0.3, 0.4) is 0 Å². The van der Waals surface area contributed by atoms with E-state index in [4.69, 9.17) is 24.5 Å². The first-order valence-electron chi connectivity index (χ1n) is 21.8. The average molecular weight is 804 g/mol. The molecule has 0 spiro atoms.